The van der Waals surface area contributed by atoms with Crippen LogP contribution in [0.3, 0.4) is 0 Å². The van der Waals surface area contributed by atoms with Crippen molar-refractivity contribution in [1.29, 1.82) is 0 Å². The molecule has 2 aromatic rings. The van der Waals surface area contributed by atoms with Crippen LogP contribution in [0.15, 0.2) is 34.0 Å². The van der Waals surface area contributed by atoms with E-state index in [2.05, 4.69) is 24.0 Å². The lowest BCUT2D eigenvalue weighted by atomic mass is 10.3. The van der Waals surface area contributed by atoms with Crippen LogP contribution in [0, 0.1) is 0 Å². The first kappa shape index (κ1) is 20.7. The number of hydrogen-bond donors (Lipinski definition) is 0. The Morgan fingerprint density at radius 1 is 1.10 bits per heavy atom. The first-order valence-corrected chi connectivity index (χ1v) is 12.4. The van der Waals surface area contributed by atoms with Crippen molar-refractivity contribution in [2.45, 2.75) is 38.1 Å². The third kappa shape index (κ3) is 3.48. The molecule has 1 aromatic heterocycles. The van der Waals surface area contributed by atoms with Crippen LogP contribution < -0.4 is 19.7 Å². The molecule has 1 saturated heterocycles. The van der Waals surface area contributed by atoms with Crippen molar-refractivity contribution in [3.05, 3.63) is 43.8 Å². The molecular weight excluding hydrogens is 443 g/mol. The summed E-state index contributed by atoms with van der Waals surface area (Å²) in [6.07, 6.45) is 1.86. The molecule has 0 spiro atoms. The van der Waals surface area contributed by atoms with E-state index in [1.807, 2.05) is 26.1 Å². The summed E-state index contributed by atoms with van der Waals surface area (Å²) in [5.41, 5.74) is 1.07. The molecule has 2 aliphatic rings. The molecule has 2 aliphatic heterocycles. The van der Waals surface area contributed by atoms with Crippen molar-refractivity contribution in [1.82, 2.24) is 9.47 Å². The number of hydrogen-bond acceptors (Lipinski definition) is 7. The van der Waals surface area contributed by atoms with Crippen LogP contribution in [0.25, 0.3) is 9.93 Å². The second-order valence-corrected chi connectivity index (χ2v) is 10.4. The van der Waals surface area contributed by atoms with Crippen LogP contribution in [0.1, 0.15) is 26.7 Å². The molecule has 0 radical (unpaired) electrons. The van der Waals surface area contributed by atoms with E-state index in [0.29, 0.717) is 26.8 Å². The number of thiazole rings is 1. The Hall–Kier alpha value is -1.55. The Labute approximate surface area is 187 Å². The summed E-state index contributed by atoms with van der Waals surface area (Å²) in [7, 11) is 1.99. The fourth-order valence-corrected chi connectivity index (χ4v) is 7.35. The molecule has 4 rings (SSSR count). The van der Waals surface area contributed by atoms with E-state index in [-0.39, 0.29) is 11.5 Å². The maximum Gasteiger partial charge on any atom is 0.271 e. The largest absolute Gasteiger partial charge is 0.337 e. The van der Waals surface area contributed by atoms with Gasteiger partial charge in [-0.3, -0.25) is 19.1 Å². The molecule has 0 unspecified atom stereocenters. The minimum absolute atomic E-state index is 0.0256. The van der Waals surface area contributed by atoms with Crippen LogP contribution in [0.4, 0.5) is 5.69 Å². The Morgan fingerprint density at radius 3 is 2.52 bits per heavy atom. The number of thioether (sulfide) groups is 2. The van der Waals surface area contributed by atoms with Crippen LogP contribution >= 0.6 is 47.1 Å². The molecule has 5 nitrogen and oxygen atoms in total. The van der Waals surface area contributed by atoms with Gasteiger partial charge in [-0.05, 0) is 25.5 Å². The highest BCUT2D eigenvalue weighted by molar-refractivity contribution is 8.30. The summed E-state index contributed by atoms with van der Waals surface area (Å²) in [5, 5.41) is 0.920. The summed E-state index contributed by atoms with van der Waals surface area (Å²) >= 11 is 9.71. The van der Waals surface area contributed by atoms with Crippen LogP contribution in [-0.2, 0) is 11.3 Å². The highest BCUT2D eigenvalue weighted by Crippen LogP contribution is 2.45. The number of aromatic nitrogens is 1. The van der Waals surface area contributed by atoms with E-state index in [4.69, 9.17) is 12.2 Å². The van der Waals surface area contributed by atoms with Gasteiger partial charge in [0.05, 0.1) is 5.69 Å². The van der Waals surface area contributed by atoms with Crippen LogP contribution in [0.2, 0.25) is 0 Å². The predicted molar refractivity (Wildman–Crippen MR) is 128 cm³/mol. The fourth-order valence-electron chi connectivity index (χ4n) is 3.33. The lowest BCUT2D eigenvalue weighted by Gasteiger charge is -2.11. The molecule has 0 aliphatic carbocycles. The lowest BCUT2D eigenvalue weighted by molar-refractivity contribution is -0.120. The molecule has 29 heavy (non-hydrogen) atoms. The average Bonchev–Trinajstić information content (AvgIpc) is 3.31. The average molecular weight is 464 g/mol. The number of nitrogens with zero attached hydrogens (tertiary/aromatic N) is 3. The third-order valence-corrected chi connectivity index (χ3v) is 9.03. The molecule has 0 N–H and O–H groups in total. The smallest absolute Gasteiger partial charge is 0.271 e. The van der Waals surface area contributed by atoms with Gasteiger partial charge >= 0.3 is 0 Å². The first-order valence-electron chi connectivity index (χ1n) is 9.50. The van der Waals surface area contributed by atoms with Gasteiger partial charge in [-0.25, -0.2) is 0 Å². The lowest BCUT2D eigenvalue weighted by Crippen LogP contribution is -2.35. The number of amides is 1. The van der Waals surface area contributed by atoms with Gasteiger partial charge in [-0.15, -0.1) is 11.3 Å². The summed E-state index contributed by atoms with van der Waals surface area (Å²) in [5.74, 6) is -0.0961. The van der Waals surface area contributed by atoms with E-state index >= 15 is 0 Å². The van der Waals surface area contributed by atoms with E-state index in [1.165, 1.54) is 23.1 Å². The van der Waals surface area contributed by atoms with Gasteiger partial charge in [0.1, 0.15) is 23.4 Å². The molecule has 0 bridgehead atoms. The van der Waals surface area contributed by atoms with Gasteiger partial charge < -0.3 is 4.90 Å². The zero-order chi connectivity index (χ0) is 20.7. The normalized spacial score (nSPS) is 20.1. The molecule has 0 saturated carbocycles. The third-order valence-electron chi connectivity index (χ3n) is 4.91. The Balaban J connectivity index is 1.96. The van der Waals surface area contributed by atoms with Crippen molar-refractivity contribution >= 4 is 72.9 Å². The summed E-state index contributed by atoms with van der Waals surface area (Å²) in [6.45, 7) is 5.15. The molecule has 3 heterocycles. The van der Waals surface area contributed by atoms with E-state index in [1.54, 1.807) is 21.2 Å². The Kier molecular flexibility index (Phi) is 5.92. The van der Waals surface area contributed by atoms with Crippen molar-refractivity contribution in [2.75, 3.05) is 18.5 Å². The molecule has 9 heteroatoms. The zero-order valence-corrected chi connectivity index (χ0v) is 19.7. The topological polar surface area (TPSA) is 45.6 Å². The number of benzene rings is 1. The maximum absolute atomic E-state index is 13.4. The number of fused-ring (bicyclic) bond motifs is 1. The van der Waals surface area contributed by atoms with Crippen molar-refractivity contribution in [3.63, 3.8) is 0 Å². The minimum Gasteiger partial charge on any atom is -0.337 e. The SMILES string of the molecule is CCCCn1c(=C2SC(=S)N(CC)C2=O)sc(=C2Sc3ccccc3N2C)c1=O. The number of para-hydroxylation sites is 1. The molecular formula is C20H21N3O2S4. The second kappa shape index (κ2) is 8.29. The standard InChI is InChI=1S/C20H21N3O2S4/c1-4-6-11-23-17(25)14(18-21(3)12-9-7-8-10-13(12)27-18)28-19(23)15-16(24)22(5-2)20(26)29-15/h7-10H,4-6,11H2,1-3H3. The molecule has 0 atom stereocenters. The number of carbonyl (C=O) groups excluding carboxylic acids is 1. The molecule has 1 fully saturated rings. The van der Waals surface area contributed by atoms with E-state index in [0.717, 1.165) is 33.1 Å². The highest BCUT2D eigenvalue weighted by Gasteiger charge is 2.33. The van der Waals surface area contributed by atoms with Crippen LogP contribution in [-0.4, -0.2) is 33.3 Å². The number of rotatable bonds is 4. The first-order chi connectivity index (χ1) is 14.0. The summed E-state index contributed by atoms with van der Waals surface area (Å²) in [6, 6.07) is 8.13. The Bertz CT molecular complexity index is 1180. The van der Waals surface area contributed by atoms with Gasteiger partial charge in [-0.2, -0.15) is 0 Å². The second-order valence-electron chi connectivity index (χ2n) is 6.73. The van der Waals surface area contributed by atoms with Crippen LogP contribution in [0.5, 0.6) is 0 Å². The van der Waals surface area contributed by atoms with E-state index < -0.39 is 0 Å². The summed E-state index contributed by atoms with van der Waals surface area (Å²) in [4.78, 5) is 31.7. The van der Waals surface area contributed by atoms with Gasteiger partial charge in [0, 0.05) is 25.0 Å². The van der Waals surface area contributed by atoms with Gasteiger partial charge in [0.25, 0.3) is 11.5 Å². The molecule has 152 valence electrons. The predicted octanol–water partition coefficient (Wildman–Crippen LogP) is 3.01. The molecule has 1 amide bonds. The fraction of sp³-hybridized carbons (Fsp3) is 0.350. The zero-order valence-electron chi connectivity index (χ0n) is 16.4. The van der Waals surface area contributed by atoms with E-state index in [9.17, 15) is 9.59 Å². The van der Waals surface area contributed by atoms with Crippen molar-refractivity contribution in [3.8, 4) is 0 Å². The number of anilines is 1. The quantitative estimate of drug-likeness (QED) is 0.650. The molecule has 1 aromatic carbocycles. The monoisotopic (exact) mass is 463 g/mol. The number of thiocarbonyl (C=S) groups is 1. The van der Waals surface area contributed by atoms with Crippen molar-refractivity contribution in [2.24, 2.45) is 0 Å². The maximum atomic E-state index is 13.4. The van der Waals surface area contributed by atoms with Gasteiger partial charge in [-0.1, -0.05) is 61.2 Å². The van der Waals surface area contributed by atoms with Gasteiger partial charge in [0.15, 0.2) is 0 Å². The number of carbonyl (C=O) groups is 1. The minimum atomic E-state index is -0.0961. The highest BCUT2D eigenvalue weighted by atomic mass is 32.2. The summed E-state index contributed by atoms with van der Waals surface area (Å²) < 4.78 is 3.74. The number of unbranched alkanes of at least 4 members (excludes halogenated alkanes) is 1. The van der Waals surface area contributed by atoms with Gasteiger partial charge in [0.2, 0.25) is 0 Å². The Morgan fingerprint density at radius 2 is 1.86 bits per heavy atom. The van der Waals surface area contributed by atoms with Crippen molar-refractivity contribution < 1.29 is 4.79 Å².